The lowest BCUT2D eigenvalue weighted by Crippen LogP contribution is -2.37. The summed E-state index contributed by atoms with van der Waals surface area (Å²) < 4.78 is 13.0. The highest BCUT2D eigenvalue weighted by atomic mass is 19.1. The average molecular weight is 223 g/mol. The summed E-state index contributed by atoms with van der Waals surface area (Å²) in [6.07, 6.45) is 0.224. The topological polar surface area (TPSA) is 46.2 Å². The molecule has 1 N–H and O–H groups in total. The lowest BCUT2D eigenvalue weighted by molar-refractivity contribution is -0.131. The number of aldehydes is 1. The van der Waals surface area contributed by atoms with E-state index < -0.39 is 11.3 Å². The molecule has 0 aliphatic carbocycles. The number of rotatable bonds is 4. The quantitative estimate of drug-likeness (QED) is 0.619. The molecule has 0 fully saturated rings. The normalized spacial score (nSPS) is 10.9. The second-order valence-corrected chi connectivity index (χ2v) is 4.23. The van der Waals surface area contributed by atoms with Crippen LogP contribution in [0.15, 0.2) is 24.3 Å². The lowest BCUT2D eigenvalue weighted by atomic mass is 9.84. The van der Waals surface area contributed by atoms with Gasteiger partial charge in [0, 0.05) is 12.0 Å². The van der Waals surface area contributed by atoms with E-state index in [0.29, 0.717) is 0 Å². The molecule has 0 saturated carbocycles. The molecular weight excluding hydrogens is 209 g/mol. The van der Waals surface area contributed by atoms with Crippen LogP contribution in [0, 0.1) is 5.82 Å². The lowest BCUT2D eigenvalue weighted by Gasteiger charge is -2.25. The van der Waals surface area contributed by atoms with Crippen LogP contribution in [0.25, 0.3) is 0 Å². The first kappa shape index (κ1) is 12.4. The Kier molecular flexibility index (Phi) is 3.77. The van der Waals surface area contributed by atoms with E-state index in [-0.39, 0.29) is 18.6 Å². The Balaban J connectivity index is 2.77. The first-order valence-electron chi connectivity index (χ1n) is 4.95. The van der Waals surface area contributed by atoms with Gasteiger partial charge in [0.1, 0.15) is 5.82 Å². The second-order valence-electron chi connectivity index (χ2n) is 4.23. The van der Waals surface area contributed by atoms with Crippen LogP contribution in [0.5, 0.6) is 0 Å². The summed E-state index contributed by atoms with van der Waals surface area (Å²) in [5, 5.41) is 2.46. The number of nitrogens with one attached hydrogen (secondary N) is 1. The number of halogens is 1. The summed E-state index contributed by atoms with van der Waals surface area (Å²) in [5.41, 5.74) is 0.361. The number of carbonyl (C=O) groups is 2. The van der Waals surface area contributed by atoms with Crippen molar-refractivity contribution in [3.63, 3.8) is 0 Å². The minimum absolute atomic E-state index is 0.224. The van der Waals surface area contributed by atoms with Crippen molar-refractivity contribution < 1.29 is 14.0 Å². The summed E-state index contributed by atoms with van der Waals surface area (Å²) in [7, 11) is 0. The first-order valence-corrected chi connectivity index (χ1v) is 4.95. The van der Waals surface area contributed by atoms with E-state index in [4.69, 9.17) is 0 Å². The zero-order chi connectivity index (χ0) is 12.2. The van der Waals surface area contributed by atoms with E-state index >= 15 is 0 Å². The van der Waals surface area contributed by atoms with Crippen molar-refractivity contribution in [3.8, 4) is 0 Å². The fourth-order valence-electron chi connectivity index (χ4n) is 1.36. The SMILES string of the molecule is CC(C)(CNC(=O)C=O)c1cccc(F)c1. The van der Waals surface area contributed by atoms with Crippen LogP contribution in [0.3, 0.4) is 0 Å². The van der Waals surface area contributed by atoms with Crippen molar-refractivity contribution in [1.29, 1.82) is 0 Å². The molecule has 0 heterocycles. The number of hydrogen-bond acceptors (Lipinski definition) is 2. The number of carbonyl (C=O) groups excluding carboxylic acids is 2. The number of amides is 1. The van der Waals surface area contributed by atoms with E-state index in [1.165, 1.54) is 12.1 Å². The fraction of sp³-hybridized carbons (Fsp3) is 0.333. The summed E-state index contributed by atoms with van der Waals surface area (Å²) in [6.45, 7) is 4.02. The van der Waals surface area contributed by atoms with Gasteiger partial charge in [0.25, 0.3) is 5.91 Å². The van der Waals surface area contributed by atoms with E-state index in [1.807, 2.05) is 13.8 Å². The Morgan fingerprint density at radius 1 is 1.50 bits per heavy atom. The highest BCUT2D eigenvalue weighted by Crippen LogP contribution is 2.22. The van der Waals surface area contributed by atoms with Crippen LogP contribution < -0.4 is 5.32 Å². The molecule has 0 bridgehead atoms. The van der Waals surface area contributed by atoms with Gasteiger partial charge in [0.05, 0.1) is 0 Å². The third-order valence-corrected chi connectivity index (χ3v) is 2.42. The molecule has 0 spiro atoms. The molecular formula is C12H14FNO2. The average Bonchev–Trinajstić information content (AvgIpc) is 2.26. The standard InChI is InChI=1S/C12H14FNO2/c1-12(2,8-14-11(16)7-15)9-4-3-5-10(13)6-9/h3-7H,8H2,1-2H3,(H,14,16). The number of benzene rings is 1. The smallest absolute Gasteiger partial charge is 0.284 e. The van der Waals surface area contributed by atoms with E-state index in [1.54, 1.807) is 12.1 Å². The predicted molar refractivity (Wildman–Crippen MR) is 58.5 cm³/mol. The molecule has 1 rings (SSSR count). The van der Waals surface area contributed by atoms with Crippen molar-refractivity contribution >= 4 is 12.2 Å². The molecule has 16 heavy (non-hydrogen) atoms. The second kappa shape index (κ2) is 4.88. The van der Waals surface area contributed by atoms with Gasteiger partial charge < -0.3 is 5.32 Å². The van der Waals surface area contributed by atoms with Gasteiger partial charge in [-0.25, -0.2) is 4.39 Å². The third kappa shape index (κ3) is 3.15. The van der Waals surface area contributed by atoms with Crippen LogP contribution in [-0.4, -0.2) is 18.7 Å². The minimum atomic E-state index is -0.663. The van der Waals surface area contributed by atoms with Gasteiger partial charge >= 0.3 is 0 Å². The van der Waals surface area contributed by atoms with Crippen LogP contribution in [0.4, 0.5) is 4.39 Å². The van der Waals surface area contributed by atoms with Gasteiger partial charge in [-0.2, -0.15) is 0 Å². The summed E-state index contributed by atoms with van der Waals surface area (Å²) in [6, 6.07) is 6.20. The molecule has 1 aromatic carbocycles. The molecule has 86 valence electrons. The highest BCUT2D eigenvalue weighted by molar-refractivity contribution is 6.23. The molecule has 0 aliphatic rings. The van der Waals surface area contributed by atoms with E-state index in [9.17, 15) is 14.0 Å². The van der Waals surface area contributed by atoms with Gasteiger partial charge in [0.15, 0.2) is 0 Å². The maximum atomic E-state index is 13.0. The summed E-state index contributed by atoms with van der Waals surface area (Å²) >= 11 is 0. The molecule has 0 unspecified atom stereocenters. The maximum Gasteiger partial charge on any atom is 0.284 e. The van der Waals surface area contributed by atoms with Crippen LogP contribution in [0.2, 0.25) is 0 Å². The molecule has 4 heteroatoms. The highest BCUT2D eigenvalue weighted by Gasteiger charge is 2.21. The van der Waals surface area contributed by atoms with Crippen LogP contribution in [0.1, 0.15) is 19.4 Å². The van der Waals surface area contributed by atoms with Crippen molar-refractivity contribution in [1.82, 2.24) is 5.32 Å². The van der Waals surface area contributed by atoms with Crippen molar-refractivity contribution in [2.45, 2.75) is 19.3 Å². The molecule has 0 aliphatic heterocycles. The molecule has 1 aromatic rings. The van der Waals surface area contributed by atoms with E-state index in [2.05, 4.69) is 5.32 Å². The number of hydrogen-bond donors (Lipinski definition) is 1. The molecule has 0 saturated heterocycles. The Morgan fingerprint density at radius 2 is 2.19 bits per heavy atom. The Morgan fingerprint density at radius 3 is 2.75 bits per heavy atom. The van der Waals surface area contributed by atoms with E-state index in [0.717, 1.165) is 5.56 Å². The van der Waals surface area contributed by atoms with Crippen molar-refractivity contribution in [2.75, 3.05) is 6.54 Å². The Labute approximate surface area is 93.7 Å². The molecule has 0 radical (unpaired) electrons. The van der Waals surface area contributed by atoms with Crippen LogP contribution >= 0.6 is 0 Å². The van der Waals surface area contributed by atoms with Crippen molar-refractivity contribution in [3.05, 3.63) is 35.6 Å². The van der Waals surface area contributed by atoms with Gasteiger partial charge in [-0.1, -0.05) is 26.0 Å². The van der Waals surface area contributed by atoms with Gasteiger partial charge in [-0.15, -0.1) is 0 Å². The fourth-order valence-corrected chi connectivity index (χ4v) is 1.36. The van der Waals surface area contributed by atoms with Gasteiger partial charge in [-0.05, 0) is 17.7 Å². The summed E-state index contributed by atoms with van der Waals surface area (Å²) in [5.74, 6) is -0.975. The Hall–Kier alpha value is -1.71. The first-order chi connectivity index (χ1) is 7.45. The molecule has 1 amide bonds. The molecule has 3 nitrogen and oxygen atoms in total. The largest absolute Gasteiger partial charge is 0.349 e. The monoisotopic (exact) mass is 223 g/mol. The summed E-state index contributed by atoms with van der Waals surface area (Å²) in [4.78, 5) is 20.9. The maximum absolute atomic E-state index is 13.0. The van der Waals surface area contributed by atoms with Gasteiger partial charge in [-0.3, -0.25) is 9.59 Å². The van der Waals surface area contributed by atoms with Gasteiger partial charge in [0.2, 0.25) is 6.29 Å². The van der Waals surface area contributed by atoms with Crippen molar-refractivity contribution in [2.24, 2.45) is 0 Å². The predicted octanol–water partition coefficient (Wildman–Crippen LogP) is 1.42. The molecule has 0 atom stereocenters. The zero-order valence-electron chi connectivity index (χ0n) is 9.29. The Bertz CT molecular complexity index is 402. The molecule has 0 aromatic heterocycles. The van der Waals surface area contributed by atoms with Crippen LogP contribution in [-0.2, 0) is 15.0 Å². The third-order valence-electron chi connectivity index (χ3n) is 2.42. The minimum Gasteiger partial charge on any atom is -0.349 e. The zero-order valence-corrected chi connectivity index (χ0v) is 9.29.